The summed E-state index contributed by atoms with van der Waals surface area (Å²) in [6.45, 7) is 6.20. The second-order valence-electron chi connectivity index (χ2n) is 8.03. The van der Waals surface area contributed by atoms with E-state index in [1.165, 1.54) is 5.56 Å². The molecule has 0 unspecified atom stereocenters. The van der Waals surface area contributed by atoms with Crippen LogP contribution in [0.1, 0.15) is 30.4 Å². The van der Waals surface area contributed by atoms with Crippen molar-refractivity contribution in [1.82, 2.24) is 9.80 Å². The van der Waals surface area contributed by atoms with Crippen molar-refractivity contribution in [1.29, 1.82) is 0 Å². The zero-order valence-electron chi connectivity index (χ0n) is 19.1. The summed E-state index contributed by atoms with van der Waals surface area (Å²) >= 11 is 0. The molecule has 0 amide bonds. The van der Waals surface area contributed by atoms with Crippen LogP contribution in [-0.4, -0.2) is 67.9 Å². The number of methoxy groups -OCH3 is 2. The van der Waals surface area contributed by atoms with Crippen LogP contribution in [0.2, 0.25) is 0 Å². The standard InChI is InChI=1S/C25H34N2O5/c1-30-22-12-11-21(24(25(22)31-2)32-17-7-6-10-23(28)29)19-27-15-13-26(14-16-27)18-20-8-4-3-5-9-20/h3-5,8-9,11-12H,6-7,10,13-19H2,1-2H3,(H,28,29). The van der Waals surface area contributed by atoms with Gasteiger partial charge in [0.05, 0.1) is 20.8 Å². The summed E-state index contributed by atoms with van der Waals surface area (Å²) in [5.74, 6) is 1.13. The SMILES string of the molecule is COc1ccc(CN2CCN(Cc3ccccc3)CC2)c(OCCCCC(=O)O)c1OC. The summed E-state index contributed by atoms with van der Waals surface area (Å²) in [5, 5.41) is 8.82. The number of unbranched alkanes of at least 4 members (excludes halogenated alkanes) is 1. The quantitative estimate of drug-likeness (QED) is 0.503. The van der Waals surface area contributed by atoms with Gasteiger partial charge in [-0.3, -0.25) is 14.6 Å². The van der Waals surface area contributed by atoms with Gasteiger partial charge in [-0.1, -0.05) is 36.4 Å². The molecule has 1 aliphatic rings. The molecule has 32 heavy (non-hydrogen) atoms. The minimum Gasteiger partial charge on any atom is -0.493 e. The Bertz CT molecular complexity index is 851. The molecule has 3 rings (SSSR count). The number of carboxylic acids is 1. The van der Waals surface area contributed by atoms with Crippen LogP contribution in [0.4, 0.5) is 0 Å². The van der Waals surface area contributed by atoms with Gasteiger partial charge in [0.1, 0.15) is 0 Å². The molecular weight excluding hydrogens is 408 g/mol. The summed E-state index contributed by atoms with van der Waals surface area (Å²) in [5.41, 5.74) is 2.40. The van der Waals surface area contributed by atoms with E-state index in [2.05, 4.69) is 40.1 Å². The molecule has 1 heterocycles. The molecule has 0 aromatic heterocycles. The van der Waals surface area contributed by atoms with Gasteiger partial charge in [-0.05, 0) is 24.5 Å². The van der Waals surface area contributed by atoms with Gasteiger partial charge in [0.15, 0.2) is 11.5 Å². The highest BCUT2D eigenvalue weighted by Crippen LogP contribution is 2.40. The number of carboxylic acid groups (broad SMARTS) is 1. The minimum absolute atomic E-state index is 0.152. The lowest BCUT2D eigenvalue weighted by Crippen LogP contribution is -2.45. The number of nitrogens with zero attached hydrogens (tertiary/aromatic N) is 2. The molecule has 2 aromatic rings. The van der Waals surface area contributed by atoms with Gasteiger partial charge in [0.25, 0.3) is 0 Å². The molecule has 1 saturated heterocycles. The largest absolute Gasteiger partial charge is 0.493 e. The monoisotopic (exact) mass is 442 g/mol. The van der Waals surface area contributed by atoms with Crippen LogP contribution in [-0.2, 0) is 17.9 Å². The molecule has 1 fully saturated rings. The molecule has 1 N–H and O–H groups in total. The summed E-state index contributed by atoms with van der Waals surface area (Å²) < 4.78 is 17.1. The lowest BCUT2D eigenvalue weighted by atomic mass is 10.1. The highest BCUT2D eigenvalue weighted by Gasteiger charge is 2.22. The minimum atomic E-state index is -0.781. The van der Waals surface area contributed by atoms with E-state index < -0.39 is 5.97 Å². The lowest BCUT2D eigenvalue weighted by molar-refractivity contribution is -0.137. The number of hydrogen-bond donors (Lipinski definition) is 1. The van der Waals surface area contributed by atoms with Gasteiger partial charge in [0.2, 0.25) is 5.75 Å². The first-order valence-corrected chi connectivity index (χ1v) is 11.2. The van der Waals surface area contributed by atoms with Gasteiger partial charge < -0.3 is 19.3 Å². The van der Waals surface area contributed by atoms with Gasteiger partial charge in [0, 0.05) is 51.3 Å². The fourth-order valence-corrected chi connectivity index (χ4v) is 3.96. The smallest absolute Gasteiger partial charge is 0.303 e. The van der Waals surface area contributed by atoms with E-state index in [9.17, 15) is 4.79 Å². The Kier molecular flexibility index (Phi) is 9.19. The van der Waals surface area contributed by atoms with Crippen LogP contribution in [0.25, 0.3) is 0 Å². The van der Waals surface area contributed by atoms with Crippen LogP contribution in [0.5, 0.6) is 17.2 Å². The molecule has 0 aliphatic carbocycles. The van der Waals surface area contributed by atoms with Crippen molar-refractivity contribution in [3.63, 3.8) is 0 Å². The highest BCUT2D eigenvalue weighted by atomic mass is 16.5. The molecule has 0 atom stereocenters. The fraction of sp³-hybridized carbons (Fsp3) is 0.480. The van der Waals surface area contributed by atoms with Crippen molar-refractivity contribution in [2.75, 3.05) is 47.0 Å². The summed E-state index contributed by atoms with van der Waals surface area (Å²) in [7, 11) is 3.22. The normalized spacial score (nSPS) is 14.8. The Labute approximate surface area is 190 Å². The average Bonchev–Trinajstić information content (AvgIpc) is 2.81. The van der Waals surface area contributed by atoms with Crippen molar-refractivity contribution in [2.45, 2.75) is 32.4 Å². The Morgan fingerprint density at radius 2 is 1.56 bits per heavy atom. The van der Waals surface area contributed by atoms with Crippen molar-refractivity contribution in [3.8, 4) is 17.2 Å². The first-order valence-electron chi connectivity index (χ1n) is 11.2. The topological polar surface area (TPSA) is 71.5 Å². The van der Waals surface area contributed by atoms with E-state index in [4.69, 9.17) is 19.3 Å². The maximum Gasteiger partial charge on any atom is 0.303 e. The average molecular weight is 443 g/mol. The molecule has 7 heteroatoms. The molecule has 2 aromatic carbocycles. The zero-order valence-corrected chi connectivity index (χ0v) is 19.1. The van der Waals surface area contributed by atoms with Crippen LogP contribution in [0.15, 0.2) is 42.5 Å². The third-order valence-electron chi connectivity index (χ3n) is 5.72. The van der Waals surface area contributed by atoms with Crippen LogP contribution >= 0.6 is 0 Å². The summed E-state index contributed by atoms with van der Waals surface area (Å²) in [4.78, 5) is 15.6. The van der Waals surface area contributed by atoms with Crippen molar-refractivity contribution < 1.29 is 24.1 Å². The van der Waals surface area contributed by atoms with E-state index in [1.807, 2.05) is 12.1 Å². The first kappa shape index (κ1) is 23.9. The summed E-state index contributed by atoms with van der Waals surface area (Å²) in [6.07, 6.45) is 1.41. The molecule has 7 nitrogen and oxygen atoms in total. The number of carbonyl (C=O) groups is 1. The van der Waals surface area contributed by atoms with Crippen LogP contribution in [0, 0.1) is 0 Å². The van der Waals surface area contributed by atoms with Crippen molar-refractivity contribution in [3.05, 3.63) is 53.6 Å². The Balaban J connectivity index is 1.60. The number of rotatable bonds is 12. The second-order valence-corrected chi connectivity index (χ2v) is 8.03. The summed E-state index contributed by atoms with van der Waals surface area (Å²) in [6, 6.07) is 14.5. The Morgan fingerprint density at radius 1 is 0.875 bits per heavy atom. The van der Waals surface area contributed by atoms with E-state index >= 15 is 0 Å². The number of piperazine rings is 1. The Hall–Kier alpha value is -2.77. The Morgan fingerprint density at radius 3 is 2.19 bits per heavy atom. The molecule has 0 radical (unpaired) electrons. The molecule has 0 bridgehead atoms. The number of benzene rings is 2. The van der Waals surface area contributed by atoms with E-state index in [0.29, 0.717) is 36.7 Å². The zero-order chi connectivity index (χ0) is 22.8. The predicted molar refractivity (Wildman–Crippen MR) is 124 cm³/mol. The number of ether oxygens (including phenoxy) is 3. The second kappa shape index (κ2) is 12.3. The van der Waals surface area contributed by atoms with Crippen LogP contribution in [0.3, 0.4) is 0 Å². The molecule has 1 aliphatic heterocycles. The third kappa shape index (κ3) is 6.87. The van der Waals surface area contributed by atoms with Crippen molar-refractivity contribution in [2.24, 2.45) is 0 Å². The fourth-order valence-electron chi connectivity index (χ4n) is 3.96. The number of aliphatic carboxylic acids is 1. The van der Waals surface area contributed by atoms with Crippen LogP contribution < -0.4 is 14.2 Å². The highest BCUT2D eigenvalue weighted by molar-refractivity contribution is 5.66. The van der Waals surface area contributed by atoms with Crippen molar-refractivity contribution >= 4 is 5.97 Å². The van der Waals surface area contributed by atoms with Gasteiger partial charge in [-0.25, -0.2) is 0 Å². The maximum absolute atomic E-state index is 10.7. The molecule has 0 saturated carbocycles. The maximum atomic E-state index is 10.7. The van der Waals surface area contributed by atoms with Gasteiger partial charge in [-0.2, -0.15) is 0 Å². The van der Waals surface area contributed by atoms with E-state index in [0.717, 1.165) is 44.8 Å². The first-order chi connectivity index (χ1) is 15.6. The molecule has 174 valence electrons. The number of hydrogen-bond acceptors (Lipinski definition) is 6. The predicted octanol–water partition coefficient (Wildman–Crippen LogP) is 3.66. The van der Waals surface area contributed by atoms with E-state index in [-0.39, 0.29) is 6.42 Å². The molecule has 0 spiro atoms. The third-order valence-corrected chi connectivity index (χ3v) is 5.72. The van der Waals surface area contributed by atoms with E-state index in [1.54, 1.807) is 14.2 Å². The van der Waals surface area contributed by atoms with Gasteiger partial charge in [-0.15, -0.1) is 0 Å². The molecular formula is C25H34N2O5. The van der Waals surface area contributed by atoms with Gasteiger partial charge >= 0.3 is 5.97 Å². The lowest BCUT2D eigenvalue weighted by Gasteiger charge is -2.35.